The Kier molecular flexibility index (Phi) is 44.1. The van der Waals surface area contributed by atoms with E-state index in [4.69, 9.17) is 43.7 Å². The summed E-state index contributed by atoms with van der Waals surface area (Å²) in [5, 5.41) is 26.8. The molecule has 0 unspecified atom stereocenters. The molecule has 6 rings (SSSR count). The molecule has 0 atom stereocenters. The van der Waals surface area contributed by atoms with E-state index in [2.05, 4.69) is 14.2 Å². The van der Waals surface area contributed by atoms with Crippen LogP contribution in [0.3, 0.4) is 0 Å². The number of ether oxygens (including phenoxy) is 9. The highest BCUT2D eigenvalue weighted by Gasteiger charge is 2.31. The number of amides is 6. The second kappa shape index (κ2) is 50.3. The fraction of sp³-hybridized carbons (Fsp3) is 0.443. The van der Waals surface area contributed by atoms with Gasteiger partial charge < -0.3 is 87.4 Å². The van der Waals surface area contributed by atoms with Crippen LogP contribution >= 0.6 is 0 Å². The molecule has 6 aromatic rings. The first-order valence-corrected chi connectivity index (χ1v) is 41.5. The molecule has 3 N–H and O–H groups in total. The SMILES string of the molecule is CC(C)(C)OC(=O)c1cc(C(=O)O)cc(C(=O)O)c1.CCN(CC)C(=O)c1cc(C(=O)OC(C)(C)C)cc(C(=O)N(CC)CC)c1.CN(C)C(=O)c1cc(C(=O)OC(C)(C)C)cc(C(=O)N(C)C)c1.CN(C)C(=O)c1cc(C(=O)OC(C)(C)C)cc(C(=O)N(C)C)c1.COC(=O)c1cc(C(=O)O)cc(C(=O)OC(C)(C)C)c1.COC(=O)c1cc(C(=O)OC)cc(C(=O)OC(C)(C)C)c1. The maximum absolute atomic E-state index is 12.8. The van der Waals surface area contributed by atoms with Gasteiger partial charge in [-0.25, -0.2) is 57.5 Å². The summed E-state index contributed by atoms with van der Waals surface area (Å²) in [6, 6.07) is 24.0. The number of hydrogen-bond donors (Lipinski definition) is 3. The number of benzene rings is 6. The maximum atomic E-state index is 12.8. The van der Waals surface area contributed by atoms with Crippen molar-refractivity contribution in [2.24, 2.45) is 0 Å². The molecule has 6 amide bonds. The molecule has 0 fully saturated rings. The summed E-state index contributed by atoms with van der Waals surface area (Å²) in [6.45, 7) is 40.8. The number of aromatic carboxylic acids is 3. The van der Waals surface area contributed by atoms with Gasteiger partial charge in [0.2, 0.25) is 0 Å². The predicted molar refractivity (Wildman–Crippen MR) is 491 cm³/mol. The third kappa shape index (κ3) is 40.4. The predicted octanol–water partition coefficient (Wildman–Crippen LogP) is 14.1. The third-order valence-corrected chi connectivity index (χ3v) is 16.6. The number of hydrogen-bond acceptors (Lipinski definition) is 27. The van der Waals surface area contributed by atoms with Crippen molar-refractivity contribution in [3.05, 3.63) is 209 Å². The van der Waals surface area contributed by atoms with Crippen molar-refractivity contribution in [3.8, 4) is 0 Å². The van der Waals surface area contributed by atoms with Crippen LogP contribution in [0.25, 0.3) is 0 Å². The smallest absolute Gasteiger partial charge is 0.338 e. The molecule has 36 nitrogen and oxygen atoms in total. The maximum Gasteiger partial charge on any atom is 0.338 e. The average molecular weight is 1860 g/mol. The lowest BCUT2D eigenvalue weighted by atomic mass is 10.0. The molecular weight excluding hydrogens is 1730 g/mol. The summed E-state index contributed by atoms with van der Waals surface area (Å²) >= 11 is 0. The van der Waals surface area contributed by atoms with Gasteiger partial charge in [-0.15, -0.1) is 0 Å². The molecule has 0 saturated carbocycles. The van der Waals surface area contributed by atoms with E-state index < -0.39 is 105 Å². The minimum Gasteiger partial charge on any atom is -0.478 e. The molecule has 6 aromatic carbocycles. The van der Waals surface area contributed by atoms with Crippen molar-refractivity contribution in [2.45, 2.75) is 186 Å². The van der Waals surface area contributed by atoms with Crippen LogP contribution in [0, 0.1) is 0 Å². The molecule has 0 aliphatic rings. The largest absolute Gasteiger partial charge is 0.478 e. The summed E-state index contributed by atoms with van der Waals surface area (Å²) in [5.41, 5.74) is -2.55. The Morgan fingerprint density at radius 1 is 0.203 bits per heavy atom. The van der Waals surface area contributed by atoms with Crippen LogP contribution in [0.5, 0.6) is 0 Å². The van der Waals surface area contributed by atoms with Gasteiger partial charge in [-0.2, -0.15) is 0 Å². The average Bonchev–Trinajstić information content (AvgIpc) is 0.768. The van der Waals surface area contributed by atoms with Crippen LogP contribution < -0.4 is 0 Å². The van der Waals surface area contributed by atoms with Gasteiger partial charge in [-0.05, 0) is 262 Å². The lowest BCUT2D eigenvalue weighted by Crippen LogP contribution is -2.33. The van der Waals surface area contributed by atoms with Crippen LogP contribution in [0.15, 0.2) is 109 Å². The Hall–Kier alpha value is -14.2. The second-order valence-corrected chi connectivity index (χ2v) is 35.9. The van der Waals surface area contributed by atoms with E-state index in [0.29, 0.717) is 37.3 Å². The molecule has 0 bridgehead atoms. The Bertz CT molecular complexity index is 4980. The van der Waals surface area contributed by atoms with Crippen LogP contribution in [0.1, 0.15) is 339 Å². The lowest BCUT2D eigenvalue weighted by Gasteiger charge is -2.23. The van der Waals surface area contributed by atoms with Crippen LogP contribution in [0.4, 0.5) is 0 Å². The number of carboxylic acid groups (broad SMARTS) is 3. The van der Waals surface area contributed by atoms with Crippen molar-refractivity contribution in [1.82, 2.24) is 29.4 Å². The Labute approximate surface area is 776 Å². The molecule has 0 saturated heterocycles. The molecule has 0 aromatic heterocycles. The van der Waals surface area contributed by atoms with E-state index in [1.807, 2.05) is 27.7 Å². The van der Waals surface area contributed by atoms with Crippen molar-refractivity contribution in [3.63, 3.8) is 0 Å². The quantitative estimate of drug-likeness (QED) is 0.0420. The first kappa shape index (κ1) is 117. The molecule has 0 heterocycles. The van der Waals surface area contributed by atoms with E-state index in [9.17, 15) is 86.3 Å². The van der Waals surface area contributed by atoms with E-state index in [1.165, 1.54) is 114 Å². The highest BCUT2D eigenvalue weighted by molar-refractivity contribution is 6.08. The summed E-state index contributed by atoms with van der Waals surface area (Å²) < 4.78 is 45.2. The molecule has 133 heavy (non-hydrogen) atoms. The van der Waals surface area contributed by atoms with Gasteiger partial charge in [0.05, 0.1) is 88.1 Å². The minimum atomic E-state index is -1.31. The fourth-order valence-corrected chi connectivity index (χ4v) is 10.7. The van der Waals surface area contributed by atoms with Gasteiger partial charge in [0.1, 0.15) is 33.6 Å². The van der Waals surface area contributed by atoms with E-state index in [-0.39, 0.29) is 124 Å². The number of carbonyl (C=O) groups excluding carboxylic acids is 15. The number of carbonyl (C=O) groups is 18. The Morgan fingerprint density at radius 3 is 0.436 bits per heavy atom. The number of rotatable bonds is 22. The fourth-order valence-electron chi connectivity index (χ4n) is 10.7. The third-order valence-electron chi connectivity index (χ3n) is 16.6. The van der Waals surface area contributed by atoms with Crippen LogP contribution in [-0.4, -0.2) is 289 Å². The number of methoxy groups -OCH3 is 3. The standard InChI is InChI=1S/C21H32N2O4.2C17H24N2O4.C15H18O6.C14H16O6.C13H14O6/c1-8-22(9-2)18(24)15-12-16(19(25)23(10-3)11-4)14-17(13-15)20(26)27-21(5,6)7;2*1-17(2,3)23-16(22)13-9-11(14(20)18(4)5)8-12(10-13)15(21)19(6)7;1-15(2,3)21-14(18)11-7-9(12(16)19-4)6-10(8-11)13(17)20-5;1-14(2,3)20-13(18)10-6-8(11(15)16)5-9(7-10)12(17)19-4;1-13(2,3)19-12(18)9-5-7(10(14)15)4-8(6-9)11(16)17/h12-14H,8-11H2,1-7H3;2*8-10H,1-7H3;6-8H,1-5H3;5-7H,1-4H3,(H,15,16);4-6H,1-3H3,(H,14,15)(H,16,17). The summed E-state index contributed by atoms with van der Waals surface area (Å²) in [4.78, 5) is 224. The number of nitrogens with zero attached hydrogens (tertiary/aromatic N) is 6. The zero-order chi connectivity index (χ0) is 103. The molecule has 0 spiro atoms. The highest BCUT2D eigenvalue weighted by Crippen LogP contribution is 2.26. The highest BCUT2D eigenvalue weighted by atomic mass is 16.6. The molecule has 0 aliphatic heterocycles. The normalized spacial score (nSPS) is 10.9. The van der Waals surface area contributed by atoms with Gasteiger partial charge in [0, 0.05) is 116 Å². The minimum absolute atomic E-state index is 0.0137. The molecule has 726 valence electrons. The first-order chi connectivity index (χ1) is 60.8. The topological polar surface area (TPSA) is 470 Å². The number of esters is 9. The first-order valence-electron chi connectivity index (χ1n) is 41.5. The Morgan fingerprint density at radius 2 is 0.316 bits per heavy atom. The zero-order valence-corrected chi connectivity index (χ0v) is 82.3. The van der Waals surface area contributed by atoms with Gasteiger partial charge in [0.25, 0.3) is 35.4 Å². The summed E-state index contributed by atoms with van der Waals surface area (Å²) in [5.74, 6) is -11.3. The number of carboxylic acids is 3. The van der Waals surface area contributed by atoms with E-state index in [0.717, 1.165) is 30.3 Å². The van der Waals surface area contributed by atoms with Gasteiger partial charge in [0.15, 0.2) is 0 Å². The van der Waals surface area contributed by atoms with Crippen molar-refractivity contribution in [2.75, 3.05) is 104 Å². The van der Waals surface area contributed by atoms with Crippen LogP contribution in [0.2, 0.25) is 0 Å². The zero-order valence-electron chi connectivity index (χ0n) is 82.3. The van der Waals surface area contributed by atoms with E-state index >= 15 is 0 Å². The van der Waals surface area contributed by atoms with Crippen molar-refractivity contribution >= 4 is 107 Å². The van der Waals surface area contributed by atoms with Gasteiger partial charge in [-0.1, -0.05) is 0 Å². The molecule has 0 aliphatic carbocycles. The summed E-state index contributed by atoms with van der Waals surface area (Å²) in [6.07, 6.45) is 0. The Balaban J connectivity index is 0.000000801. The van der Waals surface area contributed by atoms with Gasteiger partial charge in [-0.3, -0.25) is 28.8 Å². The monoisotopic (exact) mass is 1860 g/mol. The van der Waals surface area contributed by atoms with Crippen LogP contribution in [-0.2, 0) is 42.6 Å². The molecule has 36 heteroatoms. The van der Waals surface area contributed by atoms with Gasteiger partial charge >= 0.3 is 71.6 Å². The summed E-state index contributed by atoms with van der Waals surface area (Å²) in [7, 11) is 16.4. The van der Waals surface area contributed by atoms with E-state index in [1.54, 1.807) is 197 Å². The molecular formula is C97H128N6O30. The lowest BCUT2D eigenvalue weighted by molar-refractivity contribution is 0.00566. The molecule has 0 radical (unpaired) electrons. The second-order valence-electron chi connectivity index (χ2n) is 35.9. The van der Waals surface area contributed by atoms with Crippen molar-refractivity contribution in [1.29, 1.82) is 0 Å². The van der Waals surface area contributed by atoms with Crippen molar-refractivity contribution < 1.29 is 144 Å².